The molecule has 0 atom stereocenters. The first-order valence-corrected chi connectivity index (χ1v) is 10.7. The Morgan fingerprint density at radius 3 is 2.37 bits per heavy atom. The Labute approximate surface area is 161 Å². The van der Waals surface area contributed by atoms with Gasteiger partial charge >= 0.3 is 0 Å². The maximum atomic E-state index is 12.7. The smallest absolute Gasteiger partial charge is 0.262 e. The number of benzene rings is 2. The number of nitrogens with zero attached hydrogens (tertiary/aromatic N) is 1. The molecule has 2 N–H and O–H groups in total. The number of sulfonamides is 1. The van der Waals surface area contributed by atoms with E-state index in [0.717, 1.165) is 56.2 Å². The average Bonchev–Trinajstić information content (AvgIpc) is 2.66. The van der Waals surface area contributed by atoms with Gasteiger partial charge in [0.25, 0.3) is 10.0 Å². The van der Waals surface area contributed by atoms with E-state index in [4.69, 9.17) is 4.74 Å². The highest BCUT2D eigenvalue weighted by molar-refractivity contribution is 7.92. The minimum atomic E-state index is -3.60. The largest absolute Gasteiger partial charge is 0.384 e. The summed E-state index contributed by atoms with van der Waals surface area (Å²) in [5, 5.41) is 3.37. The first-order valence-electron chi connectivity index (χ1n) is 9.18. The number of hydrogen-bond acceptors (Lipinski definition) is 5. The van der Waals surface area contributed by atoms with Gasteiger partial charge < -0.3 is 10.1 Å². The zero-order chi connectivity index (χ0) is 19.3. The summed E-state index contributed by atoms with van der Waals surface area (Å²) in [4.78, 5) is 2.68. The fraction of sp³-hybridized carbons (Fsp3) is 0.400. The molecule has 27 heavy (non-hydrogen) atoms. The minimum Gasteiger partial charge on any atom is -0.384 e. The van der Waals surface area contributed by atoms with E-state index in [-0.39, 0.29) is 0 Å². The third kappa shape index (κ3) is 5.45. The molecule has 146 valence electrons. The second kappa shape index (κ2) is 8.73. The summed E-state index contributed by atoms with van der Waals surface area (Å²) in [7, 11) is -3.60. The predicted octanol–water partition coefficient (Wildman–Crippen LogP) is 2.85. The van der Waals surface area contributed by atoms with Gasteiger partial charge in [-0.1, -0.05) is 12.1 Å². The molecule has 0 bridgehead atoms. The van der Waals surface area contributed by atoms with Crippen molar-refractivity contribution in [1.82, 2.24) is 4.90 Å². The van der Waals surface area contributed by atoms with Crippen molar-refractivity contribution in [1.29, 1.82) is 0 Å². The van der Waals surface area contributed by atoms with Crippen LogP contribution in [0.1, 0.15) is 11.1 Å². The Morgan fingerprint density at radius 1 is 1.00 bits per heavy atom. The quantitative estimate of drug-likeness (QED) is 0.762. The number of anilines is 2. The molecule has 1 heterocycles. The topological polar surface area (TPSA) is 70.7 Å². The fourth-order valence-electron chi connectivity index (χ4n) is 3.05. The van der Waals surface area contributed by atoms with Crippen LogP contribution < -0.4 is 10.0 Å². The number of morpholine rings is 1. The highest BCUT2D eigenvalue weighted by Gasteiger charge is 2.17. The Hall–Kier alpha value is -2.09. The number of ether oxygens (including phenoxy) is 1. The van der Waals surface area contributed by atoms with E-state index in [2.05, 4.69) is 14.9 Å². The monoisotopic (exact) mass is 389 g/mol. The lowest BCUT2D eigenvalue weighted by Crippen LogP contribution is -2.38. The summed E-state index contributed by atoms with van der Waals surface area (Å²) < 4.78 is 33.3. The summed E-state index contributed by atoms with van der Waals surface area (Å²) in [5.74, 6) is 0. The molecule has 2 aromatic rings. The maximum Gasteiger partial charge on any atom is 0.262 e. The lowest BCUT2D eigenvalue weighted by molar-refractivity contribution is 0.0398. The van der Waals surface area contributed by atoms with Crippen molar-refractivity contribution in [3.8, 4) is 0 Å². The summed E-state index contributed by atoms with van der Waals surface area (Å²) >= 11 is 0. The molecule has 0 saturated carbocycles. The number of rotatable bonds is 7. The van der Waals surface area contributed by atoms with Gasteiger partial charge in [-0.3, -0.25) is 9.62 Å². The van der Waals surface area contributed by atoms with Crippen LogP contribution in [0.25, 0.3) is 0 Å². The highest BCUT2D eigenvalue weighted by Crippen LogP contribution is 2.21. The molecule has 1 aliphatic heterocycles. The third-order valence-corrected chi connectivity index (χ3v) is 6.15. The van der Waals surface area contributed by atoms with Crippen LogP contribution in [0.5, 0.6) is 0 Å². The summed E-state index contributed by atoms with van der Waals surface area (Å²) in [6.07, 6.45) is 0. The van der Waals surface area contributed by atoms with Gasteiger partial charge in [0, 0.05) is 37.6 Å². The van der Waals surface area contributed by atoms with Crippen molar-refractivity contribution in [2.75, 3.05) is 49.4 Å². The van der Waals surface area contributed by atoms with Gasteiger partial charge in [-0.2, -0.15) is 0 Å². The van der Waals surface area contributed by atoms with E-state index in [0.29, 0.717) is 10.6 Å². The van der Waals surface area contributed by atoms with Crippen LogP contribution >= 0.6 is 0 Å². The van der Waals surface area contributed by atoms with E-state index in [9.17, 15) is 8.42 Å². The molecule has 0 aromatic heterocycles. The SMILES string of the molecule is Cc1ccc(C)c(S(=O)(=O)Nc2ccc(NCCN3CCOCC3)cc2)c1. The van der Waals surface area contributed by atoms with E-state index in [1.165, 1.54) is 0 Å². The molecule has 0 amide bonds. The Bertz CT molecular complexity index is 861. The number of hydrogen-bond donors (Lipinski definition) is 2. The molecule has 2 aromatic carbocycles. The Kier molecular flexibility index (Phi) is 6.36. The molecule has 1 aliphatic rings. The molecular formula is C20H27N3O3S. The van der Waals surface area contributed by atoms with Crippen molar-refractivity contribution in [3.05, 3.63) is 53.6 Å². The summed E-state index contributed by atoms with van der Waals surface area (Å²) in [6.45, 7) is 9.04. The van der Waals surface area contributed by atoms with Crippen molar-refractivity contribution in [3.63, 3.8) is 0 Å². The standard InChI is InChI=1S/C20H27N3O3S/c1-16-3-4-17(2)20(15-16)27(24,25)22-19-7-5-18(6-8-19)21-9-10-23-11-13-26-14-12-23/h3-8,15,21-22H,9-14H2,1-2H3. The molecule has 0 aliphatic carbocycles. The number of aryl methyl sites for hydroxylation is 2. The molecule has 1 saturated heterocycles. The normalized spacial score (nSPS) is 15.5. The van der Waals surface area contributed by atoms with Crippen molar-refractivity contribution < 1.29 is 13.2 Å². The van der Waals surface area contributed by atoms with Gasteiger partial charge in [-0.25, -0.2) is 8.42 Å². The van der Waals surface area contributed by atoms with Crippen molar-refractivity contribution in [2.24, 2.45) is 0 Å². The Morgan fingerprint density at radius 2 is 1.67 bits per heavy atom. The lowest BCUT2D eigenvalue weighted by Gasteiger charge is -2.26. The fourth-order valence-corrected chi connectivity index (χ4v) is 4.44. The molecule has 6 nitrogen and oxygen atoms in total. The van der Waals surface area contributed by atoms with Crippen LogP contribution in [-0.4, -0.2) is 52.7 Å². The molecule has 1 fully saturated rings. The maximum absolute atomic E-state index is 12.7. The van der Waals surface area contributed by atoms with E-state index < -0.39 is 10.0 Å². The minimum absolute atomic E-state index is 0.315. The van der Waals surface area contributed by atoms with Crippen LogP contribution in [0, 0.1) is 13.8 Å². The molecule has 3 rings (SSSR count). The molecular weight excluding hydrogens is 362 g/mol. The van der Waals surface area contributed by atoms with E-state index >= 15 is 0 Å². The molecule has 0 radical (unpaired) electrons. The first-order chi connectivity index (χ1) is 12.9. The van der Waals surface area contributed by atoms with Gasteiger partial charge in [-0.15, -0.1) is 0 Å². The highest BCUT2D eigenvalue weighted by atomic mass is 32.2. The zero-order valence-corrected chi connectivity index (χ0v) is 16.7. The second-order valence-electron chi connectivity index (χ2n) is 6.83. The van der Waals surface area contributed by atoms with Gasteiger partial charge in [-0.05, 0) is 55.3 Å². The van der Waals surface area contributed by atoms with Crippen LogP contribution in [0.15, 0.2) is 47.4 Å². The first kappa shape index (κ1) is 19.7. The third-order valence-electron chi connectivity index (χ3n) is 4.63. The van der Waals surface area contributed by atoms with Crippen molar-refractivity contribution >= 4 is 21.4 Å². The van der Waals surface area contributed by atoms with E-state index in [1.54, 1.807) is 25.1 Å². The van der Waals surface area contributed by atoms with Gasteiger partial charge in [0.1, 0.15) is 0 Å². The Balaban J connectivity index is 1.57. The van der Waals surface area contributed by atoms with Gasteiger partial charge in [0.2, 0.25) is 0 Å². The lowest BCUT2D eigenvalue weighted by atomic mass is 10.2. The summed E-state index contributed by atoms with van der Waals surface area (Å²) in [6, 6.07) is 12.8. The van der Waals surface area contributed by atoms with Crippen LogP contribution in [-0.2, 0) is 14.8 Å². The average molecular weight is 390 g/mol. The molecule has 0 unspecified atom stereocenters. The van der Waals surface area contributed by atoms with Crippen LogP contribution in [0.3, 0.4) is 0 Å². The van der Waals surface area contributed by atoms with Gasteiger partial charge in [0.15, 0.2) is 0 Å². The molecule has 7 heteroatoms. The van der Waals surface area contributed by atoms with E-state index in [1.807, 2.05) is 31.2 Å². The number of nitrogens with one attached hydrogen (secondary N) is 2. The summed E-state index contributed by atoms with van der Waals surface area (Å²) in [5.41, 5.74) is 3.17. The van der Waals surface area contributed by atoms with Gasteiger partial charge in [0.05, 0.1) is 18.1 Å². The van der Waals surface area contributed by atoms with Crippen LogP contribution in [0.4, 0.5) is 11.4 Å². The predicted molar refractivity (Wildman–Crippen MR) is 109 cm³/mol. The molecule has 0 spiro atoms. The van der Waals surface area contributed by atoms with Crippen LogP contribution in [0.2, 0.25) is 0 Å². The van der Waals surface area contributed by atoms with Crippen molar-refractivity contribution in [2.45, 2.75) is 18.7 Å². The second-order valence-corrected chi connectivity index (χ2v) is 8.48. The zero-order valence-electron chi connectivity index (χ0n) is 15.9.